The molecule has 0 aromatic carbocycles. The fraction of sp³-hybridized carbons (Fsp3) is 0.700. The summed E-state index contributed by atoms with van der Waals surface area (Å²) >= 11 is 1.76. The van der Waals surface area contributed by atoms with Gasteiger partial charge in [-0.2, -0.15) is 0 Å². The van der Waals surface area contributed by atoms with Crippen LogP contribution in [-0.2, 0) is 12.8 Å². The first-order valence-corrected chi connectivity index (χ1v) is 10.5. The second-order valence-corrected chi connectivity index (χ2v) is 7.43. The van der Waals surface area contributed by atoms with Crippen LogP contribution in [0.1, 0.15) is 67.9 Å². The van der Waals surface area contributed by atoms with Crippen LogP contribution in [0.5, 0.6) is 0 Å². The lowest BCUT2D eigenvalue weighted by Crippen LogP contribution is -2.20. The minimum Gasteiger partial charge on any atom is -0.373 e. The van der Waals surface area contributed by atoms with Gasteiger partial charge in [0.25, 0.3) is 0 Å². The first-order chi connectivity index (χ1) is 12.2. The minimum atomic E-state index is 0.928. The van der Waals surface area contributed by atoms with Crippen LogP contribution in [0.3, 0.4) is 0 Å². The molecule has 1 heterocycles. The first kappa shape index (κ1) is 21.8. The molecular formula is C20H36N4S. The van der Waals surface area contributed by atoms with Crippen LogP contribution >= 0.6 is 11.3 Å². The molecule has 0 unspecified atom stereocenters. The number of nitrogens with one attached hydrogen (secondary N) is 2. The van der Waals surface area contributed by atoms with Crippen molar-refractivity contribution in [2.45, 2.75) is 64.7 Å². The van der Waals surface area contributed by atoms with E-state index in [0.717, 1.165) is 23.8 Å². The van der Waals surface area contributed by atoms with E-state index in [-0.39, 0.29) is 0 Å². The average molecular weight is 365 g/mol. The summed E-state index contributed by atoms with van der Waals surface area (Å²) in [7, 11) is 5.63. The van der Waals surface area contributed by atoms with Crippen molar-refractivity contribution in [1.82, 2.24) is 10.6 Å². The summed E-state index contributed by atoms with van der Waals surface area (Å²) in [5.74, 6) is 0.928. The molecule has 1 fully saturated rings. The molecule has 0 amide bonds. The summed E-state index contributed by atoms with van der Waals surface area (Å²) in [5, 5.41) is 7.07. The number of nitrogens with zero attached hydrogens (tertiary/aromatic N) is 2. The topological polar surface area (TPSA) is 48.8 Å². The van der Waals surface area contributed by atoms with Crippen LogP contribution in [0, 0.1) is 0 Å². The highest BCUT2D eigenvalue weighted by molar-refractivity contribution is 7.16. The van der Waals surface area contributed by atoms with Gasteiger partial charge >= 0.3 is 0 Å². The zero-order valence-electron chi connectivity index (χ0n) is 16.6. The van der Waals surface area contributed by atoms with Gasteiger partial charge < -0.3 is 10.6 Å². The van der Waals surface area contributed by atoms with Crippen molar-refractivity contribution in [3.8, 4) is 0 Å². The van der Waals surface area contributed by atoms with E-state index in [2.05, 4.69) is 34.3 Å². The standard InChI is InChI=1S/C11H15N3S.C6H12.C3H9N/c1-12-10(13-2)9-7-5-4-6-8(7)15-11(9)14-3;1-2-4-6-5-3-1;1-3-4-2/h3-6H2,1-2H3,(H,12,13);1-6H2;4H,3H2,1-2H3. The molecule has 0 bridgehead atoms. The Morgan fingerprint density at radius 2 is 1.60 bits per heavy atom. The predicted molar refractivity (Wildman–Crippen MR) is 114 cm³/mol. The van der Waals surface area contributed by atoms with Gasteiger partial charge in [-0.1, -0.05) is 45.4 Å². The molecule has 25 heavy (non-hydrogen) atoms. The lowest BCUT2D eigenvalue weighted by atomic mass is 10.0. The highest BCUT2D eigenvalue weighted by Gasteiger charge is 2.24. The SMILES string of the molecule is C1CCCCC1.C=Nc1sc2c(c1C(=NC)NC)CCC2.CCNC. The molecule has 4 nitrogen and oxygen atoms in total. The van der Waals surface area contributed by atoms with E-state index in [9.17, 15) is 0 Å². The maximum absolute atomic E-state index is 4.26. The van der Waals surface area contributed by atoms with Gasteiger partial charge in [-0.15, -0.1) is 11.3 Å². The molecule has 0 aliphatic heterocycles. The largest absolute Gasteiger partial charge is 0.373 e. The second-order valence-electron chi connectivity index (χ2n) is 6.35. The Kier molecular flexibility index (Phi) is 11.4. The van der Waals surface area contributed by atoms with Gasteiger partial charge in [0, 0.05) is 19.0 Å². The van der Waals surface area contributed by atoms with E-state index in [1.165, 1.54) is 67.4 Å². The van der Waals surface area contributed by atoms with Crippen molar-refractivity contribution in [3.05, 3.63) is 16.0 Å². The highest BCUT2D eigenvalue weighted by atomic mass is 32.1. The van der Waals surface area contributed by atoms with Crippen molar-refractivity contribution < 1.29 is 0 Å². The Labute approximate surface area is 158 Å². The molecule has 1 aromatic rings. The third-order valence-electron chi connectivity index (χ3n) is 4.60. The van der Waals surface area contributed by atoms with Gasteiger partial charge in [0.2, 0.25) is 0 Å². The van der Waals surface area contributed by atoms with Crippen LogP contribution in [0.4, 0.5) is 5.00 Å². The molecule has 0 saturated heterocycles. The predicted octanol–water partition coefficient (Wildman–Crippen LogP) is 4.73. The summed E-state index contributed by atoms with van der Waals surface area (Å²) in [6.45, 7) is 6.77. The zero-order valence-corrected chi connectivity index (χ0v) is 17.4. The molecule has 5 heteroatoms. The lowest BCUT2D eigenvalue weighted by molar-refractivity contribution is 0.504. The normalized spacial score (nSPS) is 16.1. The van der Waals surface area contributed by atoms with E-state index in [1.807, 2.05) is 14.1 Å². The summed E-state index contributed by atoms with van der Waals surface area (Å²) in [6, 6.07) is 0. The van der Waals surface area contributed by atoms with E-state index in [0.29, 0.717) is 0 Å². The maximum Gasteiger partial charge on any atom is 0.131 e. The van der Waals surface area contributed by atoms with Gasteiger partial charge in [0.05, 0.1) is 5.56 Å². The van der Waals surface area contributed by atoms with Crippen LogP contribution in [-0.4, -0.2) is 40.2 Å². The summed E-state index contributed by atoms with van der Waals surface area (Å²) in [5.41, 5.74) is 2.60. The highest BCUT2D eigenvalue weighted by Crippen LogP contribution is 2.40. The zero-order chi connectivity index (χ0) is 18.5. The van der Waals surface area contributed by atoms with Crippen LogP contribution in [0.15, 0.2) is 9.98 Å². The van der Waals surface area contributed by atoms with Crippen molar-refractivity contribution in [2.24, 2.45) is 9.98 Å². The smallest absolute Gasteiger partial charge is 0.131 e. The van der Waals surface area contributed by atoms with Gasteiger partial charge in [-0.25, -0.2) is 0 Å². The molecule has 2 N–H and O–H groups in total. The summed E-state index contributed by atoms with van der Waals surface area (Å²) in [6.07, 6.45) is 12.6. The Morgan fingerprint density at radius 3 is 2.00 bits per heavy atom. The molecule has 1 saturated carbocycles. The molecule has 0 radical (unpaired) electrons. The molecule has 0 spiro atoms. The van der Waals surface area contributed by atoms with E-state index in [1.54, 1.807) is 18.4 Å². The van der Waals surface area contributed by atoms with Crippen molar-refractivity contribution >= 4 is 28.9 Å². The molecule has 2 aliphatic rings. The number of hydrogen-bond acceptors (Lipinski definition) is 4. The third kappa shape index (κ3) is 6.90. The average Bonchev–Trinajstić information content (AvgIpc) is 3.27. The molecule has 142 valence electrons. The molecule has 0 atom stereocenters. The van der Waals surface area contributed by atoms with E-state index < -0.39 is 0 Å². The molecule has 2 aliphatic carbocycles. The Bertz CT molecular complexity index is 517. The number of hydrogen-bond donors (Lipinski definition) is 2. The number of aliphatic imine (C=N–C) groups is 2. The minimum absolute atomic E-state index is 0.928. The Hall–Kier alpha value is -1.20. The molecule has 1 aromatic heterocycles. The van der Waals surface area contributed by atoms with Crippen molar-refractivity contribution in [2.75, 3.05) is 27.7 Å². The number of rotatable bonds is 3. The van der Waals surface area contributed by atoms with Crippen LogP contribution in [0.25, 0.3) is 0 Å². The van der Waals surface area contributed by atoms with Gasteiger partial charge in [0.15, 0.2) is 0 Å². The van der Waals surface area contributed by atoms with Gasteiger partial charge in [-0.3, -0.25) is 9.98 Å². The molecular weight excluding hydrogens is 328 g/mol. The lowest BCUT2D eigenvalue weighted by Gasteiger charge is -2.06. The number of thiophene rings is 1. The third-order valence-corrected chi connectivity index (χ3v) is 5.82. The summed E-state index contributed by atoms with van der Waals surface area (Å²) in [4.78, 5) is 9.82. The fourth-order valence-corrected chi connectivity index (χ4v) is 4.35. The molecule has 3 rings (SSSR count). The van der Waals surface area contributed by atoms with Crippen LogP contribution in [0.2, 0.25) is 0 Å². The Morgan fingerprint density at radius 1 is 1.04 bits per heavy atom. The number of amidine groups is 1. The maximum atomic E-state index is 4.26. The van der Waals surface area contributed by atoms with E-state index >= 15 is 0 Å². The first-order valence-electron chi connectivity index (χ1n) is 9.64. The van der Waals surface area contributed by atoms with Crippen LogP contribution < -0.4 is 10.6 Å². The number of aryl methyl sites for hydroxylation is 1. The van der Waals surface area contributed by atoms with Gasteiger partial charge in [0.1, 0.15) is 10.8 Å². The van der Waals surface area contributed by atoms with Crippen molar-refractivity contribution in [1.29, 1.82) is 0 Å². The summed E-state index contributed by atoms with van der Waals surface area (Å²) < 4.78 is 0. The number of fused-ring (bicyclic) bond motifs is 1. The second kappa shape index (κ2) is 13.1. The van der Waals surface area contributed by atoms with Gasteiger partial charge in [-0.05, 0) is 45.1 Å². The fourth-order valence-electron chi connectivity index (χ4n) is 3.15. The Balaban J connectivity index is 0.000000257. The van der Waals surface area contributed by atoms with Crippen molar-refractivity contribution in [3.63, 3.8) is 0 Å². The monoisotopic (exact) mass is 364 g/mol. The van der Waals surface area contributed by atoms with E-state index in [4.69, 9.17) is 0 Å². The quantitative estimate of drug-likeness (QED) is 0.601.